The lowest BCUT2D eigenvalue weighted by Gasteiger charge is -2.12. The molecule has 0 saturated heterocycles. The van der Waals surface area contributed by atoms with Gasteiger partial charge >= 0.3 is 5.97 Å². The van der Waals surface area contributed by atoms with E-state index in [0.29, 0.717) is 18.9 Å². The second-order valence-electron chi connectivity index (χ2n) is 3.26. The van der Waals surface area contributed by atoms with Gasteiger partial charge in [-0.2, -0.15) is 0 Å². The molecule has 1 aromatic rings. The van der Waals surface area contributed by atoms with E-state index in [9.17, 15) is 4.79 Å². The Morgan fingerprint density at radius 1 is 1.67 bits per heavy atom. The summed E-state index contributed by atoms with van der Waals surface area (Å²) < 4.78 is 0. The summed E-state index contributed by atoms with van der Waals surface area (Å²) in [6, 6.07) is -0.609. The van der Waals surface area contributed by atoms with E-state index in [1.54, 1.807) is 12.4 Å². The molecule has 0 amide bonds. The number of imidazole rings is 1. The number of nitrogens with zero attached hydrogens (tertiary/aromatic N) is 1. The molecule has 1 unspecified atom stereocenters. The smallest absolute Gasteiger partial charge is 0.326 e. The summed E-state index contributed by atoms with van der Waals surface area (Å²) in [5.41, 5.74) is 5.34. The van der Waals surface area contributed by atoms with E-state index < -0.39 is 12.0 Å². The van der Waals surface area contributed by atoms with Gasteiger partial charge in [-0.1, -0.05) is 0 Å². The van der Waals surface area contributed by atoms with Gasteiger partial charge in [0.25, 0.3) is 0 Å². The molecule has 0 bridgehead atoms. The van der Waals surface area contributed by atoms with Crippen LogP contribution in [0.15, 0.2) is 12.4 Å². The topological polar surface area (TPSA) is 104 Å². The maximum atomic E-state index is 10.9. The Hall–Kier alpha value is -1.56. The van der Waals surface area contributed by atoms with Gasteiger partial charge in [0.05, 0.1) is 0 Å². The highest BCUT2D eigenvalue weighted by Crippen LogP contribution is 2.06. The van der Waals surface area contributed by atoms with Gasteiger partial charge in [-0.05, 0) is 25.8 Å². The SMILES string of the molecule is NCCCCC(Nc1ncc[nH]1)C(=O)O. The fourth-order valence-electron chi connectivity index (χ4n) is 1.26. The van der Waals surface area contributed by atoms with Crippen molar-refractivity contribution < 1.29 is 9.90 Å². The first-order valence-corrected chi connectivity index (χ1v) is 4.93. The average Bonchev–Trinajstić information content (AvgIpc) is 2.69. The van der Waals surface area contributed by atoms with Gasteiger partial charge < -0.3 is 21.1 Å². The Labute approximate surface area is 87.9 Å². The molecule has 0 saturated carbocycles. The standard InChI is InChI=1S/C9H16N4O2/c10-4-2-1-3-7(8(14)15)13-9-11-5-6-12-9/h5-7H,1-4,10H2,(H,14,15)(H2,11,12,13). The van der Waals surface area contributed by atoms with E-state index >= 15 is 0 Å². The summed E-state index contributed by atoms with van der Waals surface area (Å²) in [7, 11) is 0. The zero-order valence-corrected chi connectivity index (χ0v) is 8.44. The Kier molecular flexibility index (Phi) is 4.62. The summed E-state index contributed by atoms with van der Waals surface area (Å²) in [6.07, 6.45) is 5.39. The summed E-state index contributed by atoms with van der Waals surface area (Å²) in [5.74, 6) is -0.390. The number of aromatic nitrogens is 2. The third-order valence-corrected chi connectivity index (χ3v) is 2.05. The molecule has 0 fully saturated rings. The molecule has 1 atom stereocenters. The Bertz CT molecular complexity index is 286. The quantitative estimate of drug-likeness (QED) is 0.490. The molecule has 0 spiro atoms. The normalized spacial score (nSPS) is 12.3. The molecule has 84 valence electrons. The Balaban J connectivity index is 2.40. The molecule has 15 heavy (non-hydrogen) atoms. The molecule has 0 radical (unpaired) electrons. The first kappa shape index (κ1) is 11.5. The minimum absolute atomic E-state index is 0.482. The molecule has 0 aliphatic heterocycles. The lowest BCUT2D eigenvalue weighted by molar-refractivity contribution is -0.138. The minimum Gasteiger partial charge on any atom is -0.480 e. The summed E-state index contributed by atoms with van der Waals surface area (Å²) >= 11 is 0. The van der Waals surface area contributed by atoms with Gasteiger partial charge in [-0.3, -0.25) is 0 Å². The monoisotopic (exact) mass is 212 g/mol. The van der Waals surface area contributed by atoms with Gasteiger partial charge in [0.15, 0.2) is 0 Å². The number of anilines is 1. The van der Waals surface area contributed by atoms with Crippen molar-refractivity contribution in [3.05, 3.63) is 12.4 Å². The van der Waals surface area contributed by atoms with Crippen LogP contribution < -0.4 is 11.1 Å². The number of carboxylic acids is 1. The molecule has 5 N–H and O–H groups in total. The predicted molar refractivity (Wildman–Crippen MR) is 56.5 cm³/mol. The number of hydrogen-bond donors (Lipinski definition) is 4. The molecule has 0 aliphatic carbocycles. The van der Waals surface area contributed by atoms with E-state index in [1.807, 2.05) is 0 Å². The molecule has 6 nitrogen and oxygen atoms in total. The highest BCUT2D eigenvalue weighted by molar-refractivity contribution is 5.76. The van der Waals surface area contributed by atoms with Crippen LogP contribution >= 0.6 is 0 Å². The van der Waals surface area contributed by atoms with E-state index in [0.717, 1.165) is 12.8 Å². The van der Waals surface area contributed by atoms with Crippen LogP contribution in [0.5, 0.6) is 0 Å². The lowest BCUT2D eigenvalue weighted by atomic mass is 10.1. The van der Waals surface area contributed by atoms with Gasteiger partial charge in [0, 0.05) is 12.4 Å². The number of hydrogen-bond acceptors (Lipinski definition) is 4. The maximum Gasteiger partial charge on any atom is 0.326 e. The number of aliphatic carboxylic acids is 1. The third kappa shape index (κ3) is 3.99. The summed E-state index contributed by atoms with van der Waals surface area (Å²) in [6.45, 7) is 0.590. The van der Waals surface area contributed by atoms with Crippen LogP contribution in [0, 0.1) is 0 Å². The van der Waals surface area contributed by atoms with Crippen LogP contribution in [0.3, 0.4) is 0 Å². The number of nitrogens with one attached hydrogen (secondary N) is 2. The fraction of sp³-hybridized carbons (Fsp3) is 0.556. The van der Waals surface area contributed by atoms with Crippen LogP contribution in [0.4, 0.5) is 5.95 Å². The summed E-state index contributed by atoms with van der Waals surface area (Å²) in [5, 5.41) is 11.7. The van der Waals surface area contributed by atoms with Crippen molar-refractivity contribution in [2.24, 2.45) is 5.73 Å². The van der Waals surface area contributed by atoms with Gasteiger partial charge in [-0.25, -0.2) is 9.78 Å². The molecular weight excluding hydrogens is 196 g/mol. The average molecular weight is 212 g/mol. The first-order chi connectivity index (χ1) is 7.24. The van der Waals surface area contributed by atoms with Gasteiger partial charge in [0.2, 0.25) is 5.95 Å². The minimum atomic E-state index is -0.872. The maximum absolute atomic E-state index is 10.9. The largest absolute Gasteiger partial charge is 0.480 e. The van der Waals surface area contributed by atoms with Gasteiger partial charge in [-0.15, -0.1) is 0 Å². The van der Waals surface area contributed by atoms with Crippen molar-refractivity contribution >= 4 is 11.9 Å². The van der Waals surface area contributed by atoms with E-state index in [2.05, 4.69) is 15.3 Å². The van der Waals surface area contributed by atoms with Crippen LogP contribution in [-0.2, 0) is 4.79 Å². The third-order valence-electron chi connectivity index (χ3n) is 2.05. The highest BCUT2D eigenvalue weighted by Gasteiger charge is 2.16. The number of H-pyrrole nitrogens is 1. The molecule has 0 aliphatic rings. The molecule has 1 aromatic heterocycles. The van der Waals surface area contributed by atoms with Crippen LogP contribution in [-0.4, -0.2) is 33.6 Å². The van der Waals surface area contributed by atoms with Crippen molar-refractivity contribution in [3.63, 3.8) is 0 Å². The predicted octanol–water partition coefficient (Wildman–Crippen LogP) is 0.404. The number of rotatable bonds is 7. The second kappa shape index (κ2) is 6.02. The van der Waals surface area contributed by atoms with E-state index in [1.165, 1.54) is 0 Å². The van der Waals surface area contributed by atoms with Crippen molar-refractivity contribution in [1.82, 2.24) is 9.97 Å². The molecule has 1 heterocycles. The van der Waals surface area contributed by atoms with Crippen LogP contribution in [0.25, 0.3) is 0 Å². The van der Waals surface area contributed by atoms with E-state index in [4.69, 9.17) is 10.8 Å². The Morgan fingerprint density at radius 2 is 2.47 bits per heavy atom. The van der Waals surface area contributed by atoms with Crippen molar-refractivity contribution in [2.45, 2.75) is 25.3 Å². The summed E-state index contributed by atoms with van der Waals surface area (Å²) in [4.78, 5) is 17.6. The number of carboxylic acid groups (broad SMARTS) is 1. The fourth-order valence-corrected chi connectivity index (χ4v) is 1.26. The van der Waals surface area contributed by atoms with E-state index in [-0.39, 0.29) is 0 Å². The lowest BCUT2D eigenvalue weighted by Crippen LogP contribution is -2.29. The Morgan fingerprint density at radius 3 is 3.00 bits per heavy atom. The molecule has 1 rings (SSSR count). The van der Waals surface area contributed by atoms with Crippen molar-refractivity contribution in [3.8, 4) is 0 Å². The molecule has 0 aromatic carbocycles. The number of unbranched alkanes of at least 4 members (excludes halogenated alkanes) is 1. The van der Waals surface area contributed by atoms with Crippen molar-refractivity contribution in [2.75, 3.05) is 11.9 Å². The van der Waals surface area contributed by atoms with Crippen molar-refractivity contribution in [1.29, 1.82) is 0 Å². The number of aromatic amines is 1. The first-order valence-electron chi connectivity index (χ1n) is 4.93. The number of nitrogens with two attached hydrogens (primary N) is 1. The van der Waals surface area contributed by atoms with Gasteiger partial charge in [0.1, 0.15) is 6.04 Å². The second-order valence-corrected chi connectivity index (χ2v) is 3.26. The molecular formula is C9H16N4O2. The zero-order valence-electron chi connectivity index (χ0n) is 8.44. The molecule has 6 heteroatoms. The van der Waals surface area contributed by atoms with Crippen LogP contribution in [0.1, 0.15) is 19.3 Å². The highest BCUT2D eigenvalue weighted by atomic mass is 16.4. The number of carbonyl (C=O) groups is 1. The zero-order chi connectivity index (χ0) is 11.1. The van der Waals surface area contributed by atoms with Crippen LogP contribution in [0.2, 0.25) is 0 Å².